The van der Waals surface area contributed by atoms with Crippen LogP contribution in [0.2, 0.25) is 0 Å². The topological polar surface area (TPSA) is 70.7 Å². The summed E-state index contributed by atoms with van der Waals surface area (Å²) in [5.74, 6) is -0.651. The average Bonchev–Trinajstić information content (AvgIpc) is 2.94. The summed E-state index contributed by atoms with van der Waals surface area (Å²) < 4.78 is 38.7. The molecule has 0 radical (unpaired) electrons. The first kappa shape index (κ1) is 14.1. The van der Waals surface area contributed by atoms with Crippen molar-refractivity contribution in [2.75, 3.05) is 5.32 Å². The number of halogens is 3. The molecule has 1 heterocycles. The monoisotopic (exact) mass is 306 g/mol. The van der Waals surface area contributed by atoms with E-state index < -0.39 is 17.6 Å². The van der Waals surface area contributed by atoms with E-state index in [1.54, 1.807) is 6.07 Å². The van der Waals surface area contributed by atoms with Crippen LogP contribution < -0.4 is 5.32 Å². The first-order chi connectivity index (χ1) is 10.4. The third kappa shape index (κ3) is 2.62. The number of benzene rings is 2. The molecule has 0 aliphatic heterocycles. The zero-order valence-corrected chi connectivity index (χ0v) is 11.0. The Balaban J connectivity index is 1.91. The molecular weight excluding hydrogens is 297 g/mol. The number of fused-ring (bicyclic) bond motifs is 1. The standard InChI is InChI=1S/C14H9F3N4O/c15-14(16,17)9-3-1-2-4-10(9)18-13(22)8-5-6-11-12(7-8)20-21-19-11/h1-7H,(H,18,22)(H,19,20,21). The molecule has 8 heteroatoms. The minimum absolute atomic E-state index is 0.193. The van der Waals surface area contributed by atoms with Gasteiger partial charge in [-0.1, -0.05) is 12.1 Å². The Bertz CT molecular complexity index is 841. The minimum Gasteiger partial charge on any atom is -0.321 e. The Morgan fingerprint density at radius 3 is 2.55 bits per heavy atom. The summed E-state index contributed by atoms with van der Waals surface area (Å²) in [7, 11) is 0. The molecule has 0 aliphatic rings. The summed E-state index contributed by atoms with van der Waals surface area (Å²) in [6, 6.07) is 9.28. The number of anilines is 1. The lowest BCUT2D eigenvalue weighted by Crippen LogP contribution is -2.16. The maximum Gasteiger partial charge on any atom is 0.418 e. The first-order valence-corrected chi connectivity index (χ1v) is 6.23. The van der Waals surface area contributed by atoms with Gasteiger partial charge in [-0.2, -0.15) is 28.6 Å². The van der Waals surface area contributed by atoms with Crippen LogP contribution in [0.3, 0.4) is 0 Å². The number of aromatic amines is 1. The molecule has 22 heavy (non-hydrogen) atoms. The van der Waals surface area contributed by atoms with Crippen LogP contribution in [0.4, 0.5) is 18.9 Å². The molecule has 3 aromatic rings. The number of para-hydroxylation sites is 1. The highest BCUT2D eigenvalue weighted by Gasteiger charge is 2.33. The second kappa shape index (κ2) is 5.14. The van der Waals surface area contributed by atoms with Gasteiger partial charge in [-0.3, -0.25) is 4.79 Å². The number of alkyl halides is 3. The van der Waals surface area contributed by atoms with E-state index in [0.717, 1.165) is 6.07 Å². The number of hydrogen-bond donors (Lipinski definition) is 2. The van der Waals surface area contributed by atoms with Crippen molar-refractivity contribution >= 4 is 22.6 Å². The number of rotatable bonds is 2. The van der Waals surface area contributed by atoms with Gasteiger partial charge in [0, 0.05) is 5.56 Å². The Kier molecular flexibility index (Phi) is 3.28. The molecule has 3 rings (SSSR count). The number of nitrogens with zero attached hydrogens (tertiary/aromatic N) is 2. The van der Waals surface area contributed by atoms with Gasteiger partial charge < -0.3 is 5.32 Å². The zero-order valence-electron chi connectivity index (χ0n) is 11.0. The van der Waals surface area contributed by atoms with Gasteiger partial charge in [-0.15, -0.1) is 0 Å². The maximum atomic E-state index is 12.9. The average molecular weight is 306 g/mol. The summed E-state index contributed by atoms with van der Waals surface area (Å²) in [6.45, 7) is 0. The van der Waals surface area contributed by atoms with Crippen molar-refractivity contribution in [3.05, 3.63) is 53.6 Å². The van der Waals surface area contributed by atoms with E-state index in [0.29, 0.717) is 11.0 Å². The largest absolute Gasteiger partial charge is 0.418 e. The van der Waals surface area contributed by atoms with Gasteiger partial charge in [0.1, 0.15) is 11.0 Å². The van der Waals surface area contributed by atoms with Crippen molar-refractivity contribution in [3.8, 4) is 0 Å². The molecule has 2 N–H and O–H groups in total. The van der Waals surface area contributed by atoms with Crippen LogP contribution in [0.5, 0.6) is 0 Å². The predicted molar refractivity (Wildman–Crippen MR) is 73.3 cm³/mol. The molecule has 2 aromatic carbocycles. The molecule has 0 fully saturated rings. The zero-order chi connectivity index (χ0) is 15.7. The second-order valence-electron chi connectivity index (χ2n) is 4.52. The highest BCUT2D eigenvalue weighted by Crippen LogP contribution is 2.34. The van der Waals surface area contributed by atoms with Crippen LogP contribution in [0.1, 0.15) is 15.9 Å². The molecule has 1 aromatic heterocycles. The van der Waals surface area contributed by atoms with Gasteiger partial charge in [0.2, 0.25) is 0 Å². The second-order valence-corrected chi connectivity index (χ2v) is 4.52. The number of hydrogen-bond acceptors (Lipinski definition) is 3. The molecule has 1 amide bonds. The molecule has 112 valence electrons. The van der Waals surface area contributed by atoms with Crippen LogP contribution in [0.25, 0.3) is 11.0 Å². The van der Waals surface area contributed by atoms with Crippen LogP contribution in [0.15, 0.2) is 42.5 Å². The summed E-state index contributed by atoms with van der Waals surface area (Å²) in [5.41, 5.74) is 0.0217. The third-order valence-corrected chi connectivity index (χ3v) is 3.06. The van der Waals surface area contributed by atoms with Gasteiger partial charge >= 0.3 is 6.18 Å². The molecule has 0 bridgehead atoms. The van der Waals surface area contributed by atoms with Crippen LogP contribution in [0, 0.1) is 0 Å². The number of nitrogens with one attached hydrogen (secondary N) is 2. The molecule has 0 atom stereocenters. The molecule has 0 spiro atoms. The number of H-pyrrole nitrogens is 1. The smallest absolute Gasteiger partial charge is 0.321 e. The van der Waals surface area contributed by atoms with E-state index in [1.807, 2.05) is 0 Å². The number of carbonyl (C=O) groups excluding carboxylic acids is 1. The maximum absolute atomic E-state index is 12.9. The minimum atomic E-state index is -4.54. The lowest BCUT2D eigenvalue weighted by atomic mass is 10.1. The molecular formula is C14H9F3N4O. The molecule has 0 saturated heterocycles. The van der Waals surface area contributed by atoms with Crippen molar-refractivity contribution in [2.24, 2.45) is 0 Å². The van der Waals surface area contributed by atoms with E-state index >= 15 is 0 Å². The predicted octanol–water partition coefficient (Wildman–Crippen LogP) is 3.23. The lowest BCUT2D eigenvalue weighted by molar-refractivity contribution is -0.136. The van der Waals surface area contributed by atoms with Crippen LogP contribution in [-0.4, -0.2) is 21.3 Å². The Morgan fingerprint density at radius 2 is 1.77 bits per heavy atom. The summed E-state index contributed by atoms with van der Waals surface area (Å²) in [6.07, 6.45) is -4.54. The number of carbonyl (C=O) groups is 1. The van der Waals surface area contributed by atoms with E-state index in [4.69, 9.17) is 0 Å². The van der Waals surface area contributed by atoms with Crippen molar-refractivity contribution in [1.82, 2.24) is 15.4 Å². The fourth-order valence-electron chi connectivity index (χ4n) is 2.02. The summed E-state index contributed by atoms with van der Waals surface area (Å²) >= 11 is 0. The Labute approximate surface area is 122 Å². The first-order valence-electron chi connectivity index (χ1n) is 6.23. The van der Waals surface area contributed by atoms with Gasteiger partial charge in [0.15, 0.2) is 0 Å². The van der Waals surface area contributed by atoms with Gasteiger partial charge in [0.05, 0.1) is 11.3 Å². The highest BCUT2D eigenvalue weighted by molar-refractivity contribution is 6.06. The fraction of sp³-hybridized carbons (Fsp3) is 0.0714. The third-order valence-electron chi connectivity index (χ3n) is 3.06. The van der Waals surface area contributed by atoms with E-state index in [1.165, 1.54) is 30.3 Å². The summed E-state index contributed by atoms with van der Waals surface area (Å²) in [4.78, 5) is 12.1. The van der Waals surface area contributed by atoms with Gasteiger partial charge in [-0.05, 0) is 30.3 Å². The Hall–Kier alpha value is -2.90. The lowest BCUT2D eigenvalue weighted by Gasteiger charge is -2.13. The van der Waals surface area contributed by atoms with E-state index in [2.05, 4.69) is 20.7 Å². The molecule has 5 nitrogen and oxygen atoms in total. The van der Waals surface area contributed by atoms with Gasteiger partial charge in [0.25, 0.3) is 5.91 Å². The molecule has 0 unspecified atom stereocenters. The van der Waals surface area contributed by atoms with Crippen molar-refractivity contribution in [2.45, 2.75) is 6.18 Å². The molecule has 0 aliphatic carbocycles. The Morgan fingerprint density at radius 1 is 1.05 bits per heavy atom. The van der Waals surface area contributed by atoms with E-state index in [9.17, 15) is 18.0 Å². The summed E-state index contributed by atoms with van der Waals surface area (Å²) in [5, 5.41) is 12.3. The fourth-order valence-corrected chi connectivity index (χ4v) is 2.02. The normalized spacial score (nSPS) is 11.6. The van der Waals surface area contributed by atoms with Crippen LogP contribution >= 0.6 is 0 Å². The van der Waals surface area contributed by atoms with E-state index in [-0.39, 0.29) is 11.3 Å². The van der Waals surface area contributed by atoms with Gasteiger partial charge in [-0.25, -0.2) is 0 Å². The van der Waals surface area contributed by atoms with Crippen molar-refractivity contribution in [1.29, 1.82) is 0 Å². The van der Waals surface area contributed by atoms with Crippen molar-refractivity contribution in [3.63, 3.8) is 0 Å². The quantitative estimate of drug-likeness (QED) is 0.763. The highest BCUT2D eigenvalue weighted by atomic mass is 19.4. The van der Waals surface area contributed by atoms with Crippen molar-refractivity contribution < 1.29 is 18.0 Å². The number of aromatic nitrogens is 3. The SMILES string of the molecule is O=C(Nc1ccccc1C(F)(F)F)c1ccc2n[nH]nc2c1. The molecule has 0 saturated carbocycles. The number of amides is 1. The van der Waals surface area contributed by atoms with Crippen LogP contribution in [-0.2, 0) is 6.18 Å².